The van der Waals surface area contributed by atoms with E-state index in [0.717, 1.165) is 55.3 Å². The molecule has 38 heavy (non-hydrogen) atoms. The quantitative estimate of drug-likeness (QED) is 0.295. The summed E-state index contributed by atoms with van der Waals surface area (Å²) in [6.45, 7) is 0.547. The van der Waals surface area contributed by atoms with Crippen LogP contribution < -0.4 is 22.4 Å². The highest BCUT2D eigenvalue weighted by molar-refractivity contribution is 7.99. The minimum Gasteiger partial charge on any atom is -0.480 e. The number of carboxylic acids is 1. The van der Waals surface area contributed by atoms with E-state index in [1.165, 1.54) is 11.8 Å². The van der Waals surface area contributed by atoms with E-state index in [1.54, 1.807) is 12.2 Å². The first kappa shape index (κ1) is 26.1. The summed E-state index contributed by atoms with van der Waals surface area (Å²) in [5.41, 5.74) is 4.41. The Hall–Kier alpha value is -3.57. The van der Waals surface area contributed by atoms with Crippen molar-refractivity contribution in [3.63, 3.8) is 0 Å². The molecule has 0 saturated heterocycles. The van der Waals surface area contributed by atoms with Crippen molar-refractivity contribution in [2.24, 2.45) is 11.7 Å². The van der Waals surface area contributed by atoms with Crippen molar-refractivity contribution in [1.82, 2.24) is 19.2 Å². The Morgan fingerprint density at radius 3 is 2.53 bits per heavy atom. The van der Waals surface area contributed by atoms with Crippen LogP contribution in [-0.2, 0) is 16.1 Å². The monoisotopic (exact) mass is 537 g/mol. The summed E-state index contributed by atoms with van der Waals surface area (Å²) in [5.74, 6) is -1.40. The normalized spacial score (nSPS) is 21.7. The van der Waals surface area contributed by atoms with Gasteiger partial charge in [-0.3, -0.25) is 4.79 Å². The fourth-order valence-electron chi connectivity index (χ4n) is 5.21. The van der Waals surface area contributed by atoms with Gasteiger partial charge in [-0.15, -0.1) is 11.8 Å². The number of carboxylic acid groups (broad SMARTS) is 1. The third-order valence-corrected chi connectivity index (χ3v) is 8.47. The molecule has 5 rings (SSSR count). The van der Waals surface area contributed by atoms with E-state index >= 15 is 0 Å². The molecule has 2 aromatic carbocycles. The summed E-state index contributed by atoms with van der Waals surface area (Å²) in [7, 11) is 0. The van der Waals surface area contributed by atoms with Crippen LogP contribution in [-0.4, -0.2) is 49.3 Å². The molecule has 1 fully saturated rings. The summed E-state index contributed by atoms with van der Waals surface area (Å²) in [5, 5.41) is 15.0. The maximum absolute atomic E-state index is 13.4. The fraction of sp³-hybridized carbons (Fsp3) is 0.407. The zero-order valence-electron chi connectivity index (χ0n) is 20.9. The van der Waals surface area contributed by atoms with Gasteiger partial charge in [0.05, 0.1) is 6.54 Å². The lowest BCUT2D eigenvalue weighted by Crippen LogP contribution is -2.43. The molecule has 1 aromatic heterocycles. The number of carbonyl (C=O) groups is 2. The van der Waals surface area contributed by atoms with Gasteiger partial charge < -0.3 is 16.2 Å². The second-order valence-corrected chi connectivity index (χ2v) is 11.0. The minimum absolute atomic E-state index is 0.0268. The second-order valence-electron chi connectivity index (χ2n) is 9.93. The van der Waals surface area contributed by atoms with Crippen molar-refractivity contribution in [2.45, 2.75) is 55.2 Å². The lowest BCUT2D eigenvalue weighted by Gasteiger charge is -2.27. The van der Waals surface area contributed by atoms with Crippen molar-refractivity contribution >= 4 is 34.4 Å². The summed E-state index contributed by atoms with van der Waals surface area (Å²) in [6, 6.07) is 11.4. The number of nitrogens with one attached hydrogen (secondary N) is 1. The van der Waals surface area contributed by atoms with E-state index in [4.69, 9.17) is 5.73 Å². The van der Waals surface area contributed by atoms with Crippen LogP contribution in [0.25, 0.3) is 10.8 Å². The highest BCUT2D eigenvalue weighted by Gasteiger charge is 2.33. The Morgan fingerprint density at radius 2 is 1.79 bits per heavy atom. The van der Waals surface area contributed by atoms with Crippen LogP contribution in [0.4, 0.5) is 0 Å². The zero-order chi connectivity index (χ0) is 26.8. The van der Waals surface area contributed by atoms with Crippen LogP contribution in [0.2, 0.25) is 0 Å². The van der Waals surface area contributed by atoms with Crippen LogP contribution in [0, 0.1) is 5.92 Å². The average molecular weight is 538 g/mol. The molecule has 11 heteroatoms. The van der Waals surface area contributed by atoms with Crippen LogP contribution in [0.3, 0.4) is 0 Å². The molecule has 1 aliphatic carbocycles. The summed E-state index contributed by atoms with van der Waals surface area (Å²) in [4.78, 5) is 52.8. The van der Waals surface area contributed by atoms with E-state index in [0.29, 0.717) is 12.5 Å². The Labute approximate surface area is 223 Å². The largest absolute Gasteiger partial charge is 0.480 e. The number of rotatable bonds is 8. The van der Waals surface area contributed by atoms with Gasteiger partial charge in [-0.1, -0.05) is 42.5 Å². The van der Waals surface area contributed by atoms with E-state index in [2.05, 4.69) is 5.32 Å². The number of fused-ring (bicyclic) bond motifs is 2. The van der Waals surface area contributed by atoms with Gasteiger partial charge >= 0.3 is 17.3 Å². The molecule has 2 heterocycles. The molecular weight excluding hydrogens is 506 g/mol. The first-order valence-corrected chi connectivity index (χ1v) is 13.8. The lowest BCUT2D eigenvalue weighted by molar-refractivity contribution is -0.140. The Morgan fingerprint density at radius 1 is 1.05 bits per heavy atom. The predicted octanol–water partition coefficient (Wildman–Crippen LogP) is 2.13. The summed E-state index contributed by atoms with van der Waals surface area (Å²) >= 11 is 1.26. The molecule has 4 N–H and O–H groups in total. The summed E-state index contributed by atoms with van der Waals surface area (Å²) < 4.78 is 2.97. The van der Waals surface area contributed by atoms with Crippen LogP contribution in [0.5, 0.6) is 0 Å². The predicted molar refractivity (Wildman–Crippen MR) is 145 cm³/mol. The molecule has 1 aliphatic heterocycles. The summed E-state index contributed by atoms with van der Waals surface area (Å²) in [6.07, 6.45) is 6.92. The molecule has 10 nitrogen and oxygen atoms in total. The van der Waals surface area contributed by atoms with Crippen LogP contribution in [0.1, 0.15) is 37.8 Å². The second kappa shape index (κ2) is 11.0. The average Bonchev–Trinajstić information content (AvgIpc) is 3.18. The number of hydrogen-bond acceptors (Lipinski definition) is 6. The maximum atomic E-state index is 13.4. The number of carbonyl (C=O) groups excluding carboxylic acids is 1. The van der Waals surface area contributed by atoms with Gasteiger partial charge in [0.1, 0.15) is 6.04 Å². The van der Waals surface area contributed by atoms with Crippen molar-refractivity contribution < 1.29 is 14.7 Å². The molecule has 0 radical (unpaired) electrons. The number of aromatic nitrogens is 3. The number of aliphatic carboxylic acids is 1. The standard InChI is InChI=1S/C27H31N5O5S/c28-20-10-7-17(8-11-20)15-29-24(33)22-6-3-13-30-26(36)31(27(37)32(22)30)23(25(34)35)16-38-21-12-9-18-4-1-2-5-19(18)14-21/h1-6,9,12,14,17,20,22-23H,7-8,10-11,13,15-16,28H2,(H,29,33)(H,34,35). The molecule has 2 atom stereocenters. The molecule has 2 unspecified atom stereocenters. The van der Waals surface area contributed by atoms with E-state index in [-0.39, 0.29) is 18.3 Å². The number of benzene rings is 2. The van der Waals surface area contributed by atoms with E-state index < -0.39 is 35.3 Å². The highest BCUT2D eigenvalue weighted by atomic mass is 32.2. The molecule has 0 spiro atoms. The van der Waals surface area contributed by atoms with Gasteiger partial charge in [0.2, 0.25) is 5.91 Å². The SMILES string of the molecule is NC1CCC(CNC(=O)C2C=CCn3c(=O)n(C(CSc4ccc5ccccc5c4)C(=O)O)c(=O)n32)CC1. The Bertz CT molecular complexity index is 1500. The molecule has 200 valence electrons. The van der Waals surface area contributed by atoms with Crippen molar-refractivity contribution in [2.75, 3.05) is 12.3 Å². The van der Waals surface area contributed by atoms with Gasteiger partial charge in [-0.2, -0.15) is 0 Å². The Balaban J connectivity index is 1.36. The third-order valence-electron chi connectivity index (χ3n) is 7.40. The van der Waals surface area contributed by atoms with Crippen LogP contribution >= 0.6 is 11.8 Å². The lowest BCUT2D eigenvalue weighted by atomic mass is 9.86. The molecule has 1 saturated carbocycles. The zero-order valence-corrected chi connectivity index (χ0v) is 21.7. The van der Waals surface area contributed by atoms with Gasteiger partial charge in [0.25, 0.3) is 0 Å². The smallest absolute Gasteiger partial charge is 0.349 e. The highest BCUT2D eigenvalue weighted by Crippen LogP contribution is 2.27. The van der Waals surface area contributed by atoms with E-state index in [9.17, 15) is 24.3 Å². The molecule has 2 aliphatic rings. The van der Waals surface area contributed by atoms with Crippen molar-refractivity contribution in [3.8, 4) is 0 Å². The molecule has 1 amide bonds. The molecule has 0 bridgehead atoms. The fourth-order valence-corrected chi connectivity index (χ4v) is 6.23. The number of thioether (sulfide) groups is 1. The number of amides is 1. The van der Waals surface area contributed by atoms with Gasteiger partial charge in [-0.25, -0.2) is 28.3 Å². The Kier molecular flexibility index (Phi) is 7.57. The number of nitrogens with zero attached hydrogens (tertiary/aromatic N) is 3. The van der Waals surface area contributed by atoms with Gasteiger partial charge in [-0.05, 0) is 54.5 Å². The molecular formula is C27H31N5O5S. The van der Waals surface area contributed by atoms with Crippen LogP contribution in [0.15, 0.2) is 69.1 Å². The van der Waals surface area contributed by atoms with E-state index in [1.807, 2.05) is 42.5 Å². The van der Waals surface area contributed by atoms with Gasteiger partial charge in [0.15, 0.2) is 6.04 Å². The topological polar surface area (TPSA) is 141 Å². The minimum atomic E-state index is -1.40. The number of hydrogen-bond donors (Lipinski definition) is 3. The van der Waals surface area contributed by atoms with Gasteiger partial charge in [0, 0.05) is 23.2 Å². The van der Waals surface area contributed by atoms with Crippen molar-refractivity contribution in [3.05, 3.63) is 75.6 Å². The maximum Gasteiger partial charge on any atom is 0.349 e. The van der Waals surface area contributed by atoms with Crippen molar-refractivity contribution in [1.29, 1.82) is 0 Å². The number of nitrogens with two attached hydrogens (primary N) is 1. The first-order chi connectivity index (χ1) is 18.3. The first-order valence-electron chi connectivity index (χ1n) is 12.8. The molecule has 3 aromatic rings. The third kappa shape index (κ3) is 5.21. The number of allylic oxidation sites excluding steroid dienone is 1.